The molecule has 0 atom stereocenters. The van der Waals surface area contributed by atoms with Crippen LogP contribution in [0.4, 0.5) is 0 Å². The molecule has 0 bridgehead atoms. The number of hydrogen-bond acceptors (Lipinski definition) is 3. The van der Waals surface area contributed by atoms with E-state index in [0.717, 1.165) is 5.56 Å². The standard InChI is InChI=1S/C11H13NO3S/c1-9-5-6-11(16(14,15)12-2)10(8-9)4-3-7-13/h5-6,8,12-13H,7H2,1-2H3. The van der Waals surface area contributed by atoms with Crippen LogP contribution in [0.25, 0.3) is 0 Å². The van der Waals surface area contributed by atoms with Crippen LogP contribution in [0.3, 0.4) is 0 Å². The topological polar surface area (TPSA) is 66.4 Å². The van der Waals surface area contributed by atoms with Crippen molar-refractivity contribution in [2.45, 2.75) is 11.8 Å². The van der Waals surface area contributed by atoms with Gasteiger partial charge in [-0.05, 0) is 31.7 Å². The van der Waals surface area contributed by atoms with E-state index in [4.69, 9.17) is 5.11 Å². The van der Waals surface area contributed by atoms with Crippen LogP contribution >= 0.6 is 0 Å². The minimum Gasteiger partial charge on any atom is -0.384 e. The maximum absolute atomic E-state index is 11.7. The minimum atomic E-state index is -3.51. The van der Waals surface area contributed by atoms with Gasteiger partial charge in [0.1, 0.15) is 6.61 Å². The Hall–Kier alpha value is -1.35. The lowest BCUT2D eigenvalue weighted by Crippen LogP contribution is -2.19. The summed E-state index contributed by atoms with van der Waals surface area (Å²) in [6.07, 6.45) is 0. The molecule has 1 aromatic carbocycles. The van der Waals surface area contributed by atoms with Gasteiger partial charge in [0.2, 0.25) is 10.0 Å². The third-order valence-electron chi connectivity index (χ3n) is 2.00. The van der Waals surface area contributed by atoms with Gasteiger partial charge in [0.25, 0.3) is 0 Å². The Balaban J connectivity index is 3.40. The Kier molecular flexibility index (Phi) is 4.07. The Morgan fingerprint density at radius 3 is 2.69 bits per heavy atom. The van der Waals surface area contributed by atoms with Crippen molar-refractivity contribution in [3.8, 4) is 11.8 Å². The quantitative estimate of drug-likeness (QED) is 0.727. The average molecular weight is 239 g/mol. The van der Waals surface area contributed by atoms with Gasteiger partial charge in [0.15, 0.2) is 0 Å². The number of aliphatic hydroxyl groups is 1. The molecule has 16 heavy (non-hydrogen) atoms. The van der Waals surface area contributed by atoms with Gasteiger partial charge in [-0.1, -0.05) is 17.9 Å². The zero-order valence-corrected chi connectivity index (χ0v) is 9.93. The molecule has 0 aliphatic carbocycles. The monoisotopic (exact) mass is 239 g/mol. The van der Waals surface area contributed by atoms with Crippen molar-refractivity contribution in [3.05, 3.63) is 29.3 Å². The zero-order chi connectivity index (χ0) is 12.2. The van der Waals surface area contributed by atoms with Crippen molar-refractivity contribution >= 4 is 10.0 Å². The molecule has 1 aromatic rings. The van der Waals surface area contributed by atoms with E-state index in [-0.39, 0.29) is 11.5 Å². The molecule has 0 aromatic heterocycles. The molecule has 0 saturated carbocycles. The molecular formula is C11H13NO3S. The highest BCUT2D eigenvalue weighted by Gasteiger charge is 2.15. The molecule has 0 unspecified atom stereocenters. The van der Waals surface area contributed by atoms with Crippen molar-refractivity contribution in [1.29, 1.82) is 0 Å². The number of aliphatic hydroxyl groups excluding tert-OH is 1. The maximum atomic E-state index is 11.7. The van der Waals surface area contributed by atoms with E-state index in [0.29, 0.717) is 5.56 Å². The van der Waals surface area contributed by atoms with E-state index in [1.807, 2.05) is 6.92 Å². The Labute approximate surface area is 95.4 Å². The summed E-state index contributed by atoms with van der Waals surface area (Å²) in [5.74, 6) is 5.07. The SMILES string of the molecule is CNS(=O)(=O)c1ccc(C)cc1C#CCO. The van der Waals surface area contributed by atoms with Gasteiger partial charge >= 0.3 is 0 Å². The highest BCUT2D eigenvalue weighted by Crippen LogP contribution is 2.16. The van der Waals surface area contributed by atoms with Gasteiger partial charge < -0.3 is 5.11 Å². The first-order valence-electron chi connectivity index (χ1n) is 4.65. The second kappa shape index (κ2) is 5.12. The summed E-state index contributed by atoms with van der Waals surface area (Å²) in [5, 5.41) is 8.61. The van der Waals surface area contributed by atoms with Gasteiger partial charge in [-0.15, -0.1) is 0 Å². The first-order valence-corrected chi connectivity index (χ1v) is 6.13. The first kappa shape index (κ1) is 12.7. The fraction of sp³-hybridized carbons (Fsp3) is 0.273. The summed E-state index contributed by atoms with van der Waals surface area (Å²) in [6.45, 7) is 1.55. The number of rotatable bonds is 2. The summed E-state index contributed by atoms with van der Waals surface area (Å²) in [4.78, 5) is 0.126. The molecule has 0 aliphatic heterocycles. The number of aryl methyl sites for hydroxylation is 1. The molecule has 2 N–H and O–H groups in total. The van der Waals surface area contributed by atoms with Gasteiger partial charge in [-0.25, -0.2) is 13.1 Å². The molecule has 5 heteroatoms. The Morgan fingerprint density at radius 1 is 1.44 bits per heavy atom. The van der Waals surface area contributed by atoms with E-state index >= 15 is 0 Å². The molecule has 86 valence electrons. The molecule has 0 radical (unpaired) electrons. The molecule has 0 amide bonds. The Morgan fingerprint density at radius 2 is 2.12 bits per heavy atom. The summed E-state index contributed by atoms with van der Waals surface area (Å²) >= 11 is 0. The smallest absolute Gasteiger partial charge is 0.241 e. The third kappa shape index (κ3) is 2.83. The van der Waals surface area contributed by atoms with Crippen molar-refractivity contribution in [1.82, 2.24) is 4.72 Å². The predicted octanol–water partition coefficient (Wildman–Crippen LogP) is 0.247. The normalized spacial score (nSPS) is 10.7. The molecule has 0 heterocycles. The largest absolute Gasteiger partial charge is 0.384 e. The van der Waals surface area contributed by atoms with Crippen molar-refractivity contribution in [3.63, 3.8) is 0 Å². The molecule has 0 fully saturated rings. The average Bonchev–Trinajstić information content (AvgIpc) is 2.26. The van der Waals surface area contributed by atoms with Crippen LogP contribution in [0, 0.1) is 18.8 Å². The van der Waals surface area contributed by atoms with Crippen LogP contribution in [0.1, 0.15) is 11.1 Å². The maximum Gasteiger partial charge on any atom is 0.241 e. The number of hydrogen-bond donors (Lipinski definition) is 2. The van der Waals surface area contributed by atoms with E-state index < -0.39 is 10.0 Å². The van der Waals surface area contributed by atoms with Crippen molar-refractivity contribution < 1.29 is 13.5 Å². The highest BCUT2D eigenvalue weighted by atomic mass is 32.2. The lowest BCUT2D eigenvalue weighted by molar-refractivity contribution is 0.350. The van der Waals surface area contributed by atoms with E-state index in [2.05, 4.69) is 16.6 Å². The summed E-state index contributed by atoms with van der Waals surface area (Å²) in [7, 11) is -2.16. The van der Waals surface area contributed by atoms with Crippen LogP contribution in [0.2, 0.25) is 0 Å². The van der Waals surface area contributed by atoms with Crippen LogP contribution in [-0.4, -0.2) is 27.2 Å². The summed E-state index contributed by atoms with van der Waals surface area (Å²) in [5.41, 5.74) is 1.31. The number of nitrogens with one attached hydrogen (secondary N) is 1. The zero-order valence-electron chi connectivity index (χ0n) is 9.11. The van der Waals surface area contributed by atoms with Crippen LogP contribution in [0.5, 0.6) is 0 Å². The molecule has 4 nitrogen and oxygen atoms in total. The Bertz CT molecular complexity index is 538. The fourth-order valence-corrected chi connectivity index (χ4v) is 2.09. The van der Waals surface area contributed by atoms with Gasteiger partial charge in [0.05, 0.1) is 4.90 Å². The highest BCUT2D eigenvalue weighted by molar-refractivity contribution is 7.89. The molecule has 0 saturated heterocycles. The van der Waals surface area contributed by atoms with Gasteiger partial charge in [-0.2, -0.15) is 0 Å². The summed E-state index contributed by atoms with van der Waals surface area (Å²) < 4.78 is 25.5. The lowest BCUT2D eigenvalue weighted by atomic mass is 10.1. The van der Waals surface area contributed by atoms with E-state index in [1.54, 1.807) is 12.1 Å². The molecule has 0 aliphatic rings. The lowest BCUT2D eigenvalue weighted by Gasteiger charge is -2.05. The van der Waals surface area contributed by atoms with E-state index in [1.165, 1.54) is 13.1 Å². The molecular weight excluding hydrogens is 226 g/mol. The third-order valence-corrected chi connectivity index (χ3v) is 3.47. The summed E-state index contributed by atoms with van der Waals surface area (Å²) in [6, 6.07) is 4.88. The number of benzene rings is 1. The number of sulfonamides is 1. The van der Waals surface area contributed by atoms with Crippen LogP contribution < -0.4 is 4.72 Å². The van der Waals surface area contributed by atoms with Gasteiger partial charge in [-0.3, -0.25) is 0 Å². The van der Waals surface area contributed by atoms with E-state index in [9.17, 15) is 8.42 Å². The minimum absolute atomic E-state index is 0.126. The van der Waals surface area contributed by atoms with Gasteiger partial charge in [0, 0.05) is 5.56 Å². The predicted molar refractivity (Wildman–Crippen MR) is 61.4 cm³/mol. The second-order valence-corrected chi connectivity index (χ2v) is 5.02. The second-order valence-electron chi connectivity index (χ2n) is 3.17. The molecule has 1 rings (SSSR count). The van der Waals surface area contributed by atoms with Crippen molar-refractivity contribution in [2.24, 2.45) is 0 Å². The molecule has 0 spiro atoms. The van der Waals surface area contributed by atoms with Crippen LogP contribution in [-0.2, 0) is 10.0 Å². The fourth-order valence-electron chi connectivity index (χ4n) is 1.22. The van der Waals surface area contributed by atoms with Crippen LogP contribution in [0.15, 0.2) is 23.1 Å². The first-order chi connectivity index (χ1) is 7.51. The van der Waals surface area contributed by atoms with Crippen molar-refractivity contribution in [2.75, 3.05) is 13.7 Å².